The van der Waals surface area contributed by atoms with Crippen LogP contribution in [0.4, 0.5) is 17.3 Å². The van der Waals surface area contributed by atoms with Crippen molar-refractivity contribution < 1.29 is 4.92 Å². The summed E-state index contributed by atoms with van der Waals surface area (Å²) in [6, 6.07) is 3.06. The Balaban J connectivity index is 2.18. The number of hydrogen-bond donors (Lipinski definition) is 2. The Labute approximate surface area is 86.6 Å². The Morgan fingerprint density at radius 3 is 2.80 bits per heavy atom. The van der Waals surface area contributed by atoms with E-state index in [4.69, 9.17) is 5.73 Å². The SMILES string of the molecule is Nc1cc([N+](=O)[O-])cc(NC2CCC2)n1. The number of aromatic nitrogens is 1. The van der Waals surface area contributed by atoms with Gasteiger partial charge in [-0.3, -0.25) is 10.1 Å². The molecule has 3 N–H and O–H groups in total. The lowest BCUT2D eigenvalue weighted by molar-refractivity contribution is -0.384. The van der Waals surface area contributed by atoms with Crippen LogP contribution in [0.5, 0.6) is 0 Å². The van der Waals surface area contributed by atoms with Crippen molar-refractivity contribution in [2.45, 2.75) is 25.3 Å². The average molecular weight is 208 g/mol. The molecule has 0 aliphatic heterocycles. The molecule has 1 aliphatic rings. The first-order valence-electron chi connectivity index (χ1n) is 4.83. The topological polar surface area (TPSA) is 94.1 Å². The third kappa shape index (κ3) is 2.15. The Hall–Kier alpha value is -1.85. The number of nitro groups is 1. The molecule has 80 valence electrons. The number of rotatable bonds is 3. The molecule has 1 aliphatic carbocycles. The molecule has 6 heteroatoms. The third-order valence-corrected chi connectivity index (χ3v) is 2.50. The fourth-order valence-corrected chi connectivity index (χ4v) is 1.48. The molecule has 0 amide bonds. The van der Waals surface area contributed by atoms with Gasteiger partial charge in [-0.15, -0.1) is 0 Å². The van der Waals surface area contributed by atoms with Crippen LogP contribution in [0.1, 0.15) is 19.3 Å². The highest BCUT2D eigenvalue weighted by Gasteiger charge is 2.18. The van der Waals surface area contributed by atoms with Gasteiger partial charge >= 0.3 is 0 Å². The molecule has 1 saturated carbocycles. The van der Waals surface area contributed by atoms with E-state index in [1.54, 1.807) is 0 Å². The van der Waals surface area contributed by atoms with Gasteiger partial charge in [-0.1, -0.05) is 0 Å². The molecule has 2 rings (SSSR count). The number of hydrogen-bond acceptors (Lipinski definition) is 5. The molecule has 0 atom stereocenters. The van der Waals surface area contributed by atoms with Gasteiger partial charge in [-0.05, 0) is 19.3 Å². The van der Waals surface area contributed by atoms with E-state index in [1.165, 1.54) is 18.6 Å². The summed E-state index contributed by atoms with van der Waals surface area (Å²) in [5.74, 6) is 0.664. The summed E-state index contributed by atoms with van der Waals surface area (Å²) in [5.41, 5.74) is 5.45. The number of nitrogens with one attached hydrogen (secondary N) is 1. The summed E-state index contributed by atoms with van der Waals surface area (Å²) in [4.78, 5) is 14.1. The summed E-state index contributed by atoms with van der Waals surface area (Å²) in [7, 11) is 0. The molecule has 0 aromatic carbocycles. The van der Waals surface area contributed by atoms with Crippen molar-refractivity contribution in [1.29, 1.82) is 0 Å². The van der Waals surface area contributed by atoms with Gasteiger partial charge in [0.2, 0.25) is 0 Å². The van der Waals surface area contributed by atoms with E-state index in [-0.39, 0.29) is 11.5 Å². The van der Waals surface area contributed by atoms with Crippen molar-refractivity contribution in [1.82, 2.24) is 4.98 Å². The predicted octanol–water partition coefficient (Wildman–Crippen LogP) is 1.54. The highest BCUT2D eigenvalue weighted by molar-refractivity contribution is 5.53. The number of anilines is 2. The predicted molar refractivity (Wildman–Crippen MR) is 56.6 cm³/mol. The minimum atomic E-state index is -0.468. The number of nitrogens with two attached hydrogens (primary N) is 1. The summed E-state index contributed by atoms with van der Waals surface area (Å²) in [6.07, 6.45) is 3.37. The second kappa shape index (κ2) is 3.72. The van der Waals surface area contributed by atoms with Crippen molar-refractivity contribution in [3.63, 3.8) is 0 Å². The zero-order valence-corrected chi connectivity index (χ0v) is 8.14. The van der Waals surface area contributed by atoms with Gasteiger partial charge in [0.25, 0.3) is 5.69 Å². The van der Waals surface area contributed by atoms with Crippen molar-refractivity contribution in [2.75, 3.05) is 11.1 Å². The molecule has 6 nitrogen and oxygen atoms in total. The average Bonchev–Trinajstić information content (AvgIpc) is 2.10. The third-order valence-electron chi connectivity index (χ3n) is 2.50. The Bertz CT molecular complexity index is 390. The lowest BCUT2D eigenvalue weighted by Crippen LogP contribution is -2.27. The van der Waals surface area contributed by atoms with Crippen LogP contribution >= 0.6 is 0 Å². The molecule has 15 heavy (non-hydrogen) atoms. The summed E-state index contributed by atoms with van der Waals surface area (Å²) >= 11 is 0. The van der Waals surface area contributed by atoms with Crippen LogP contribution in [0.25, 0.3) is 0 Å². The zero-order chi connectivity index (χ0) is 10.8. The fourth-order valence-electron chi connectivity index (χ4n) is 1.48. The molecule has 1 aromatic heterocycles. The Kier molecular flexibility index (Phi) is 2.40. The zero-order valence-electron chi connectivity index (χ0n) is 8.14. The monoisotopic (exact) mass is 208 g/mol. The normalized spacial score (nSPS) is 15.7. The largest absolute Gasteiger partial charge is 0.383 e. The van der Waals surface area contributed by atoms with Gasteiger partial charge in [0.05, 0.1) is 17.1 Å². The van der Waals surface area contributed by atoms with Gasteiger partial charge in [-0.2, -0.15) is 0 Å². The smallest absolute Gasteiger partial charge is 0.276 e. The van der Waals surface area contributed by atoms with Crippen LogP contribution < -0.4 is 11.1 Å². The highest BCUT2D eigenvalue weighted by atomic mass is 16.6. The maximum absolute atomic E-state index is 10.6. The molecule has 1 aromatic rings. The first-order valence-corrected chi connectivity index (χ1v) is 4.83. The van der Waals surface area contributed by atoms with E-state index in [2.05, 4.69) is 10.3 Å². The minimum Gasteiger partial charge on any atom is -0.383 e. The van der Waals surface area contributed by atoms with Gasteiger partial charge in [0, 0.05) is 6.04 Å². The molecular formula is C9H12N4O2. The summed E-state index contributed by atoms with van der Waals surface area (Å²) < 4.78 is 0. The molecule has 0 unspecified atom stereocenters. The molecule has 0 bridgehead atoms. The van der Waals surface area contributed by atoms with Crippen molar-refractivity contribution in [2.24, 2.45) is 0 Å². The number of nitrogen functional groups attached to an aromatic ring is 1. The van der Waals surface area contributed by atoms with Crippen molar-refractivity contribution >= 4 is 17.3 Å². The van der Waals surface area contributed by atoms with E-state index in [1.807, 2.05) is 0 Å². The molecular weight excluding hydrogens is 196 g/mol. The van der Waals surface area contributed by atoms with E-state index in [0.717, 1.165) is 12.8 Å². The van der Waals surface area contributed by atoms with E-state index in [0.29, 0.717) is 11.9 Å². The maximum atomic E-state index is 10.6. The first-order chi connectivity index (χ1) is 7.15. The van der Waals surface area contributed by atoms with Crippen LogP contribution in [0, 0.1) is 10.1 Å². The van der Waals surface area contributed by atoms with Gasteiger partial charge in [0.1, 0.15) is 11.6 Å². The van der Waals surface area contributed by atoms with Gasteiger partial charge in [-0.25, -0.2) is 4.98 Å². The summed E-state index contributed by atoms with van der Waals surface area (Å²) in [6.45, 7) is 0. The maximum Gasteiger partial charge on any atom is 0.276 e. The summed E-state index contributed by atoms with van der Waals surface area (Å²) in [5, 5.41) is 13.7. The Morgan fingerprint density at radius 1 is 1.53 bits per heavy atom. The number of pyridine rings is 1. The standard InChI is InChI=1S/C9H12N4O2/c10-8-4-7(13(14)15)5-9(12-8)11-6-2-1-3-6/h4-6H,1-3H2,(H3,10,11,12). The van der Waals surface area contributed by atoms with E-state index < -0.39 is 4.92 Å². The van der Waals surface area contributed by atoms with Crippen LogP contribution in [0.15, 0.2) is 12.1 Å². The molecule has 1 fully saturated rings. The van der Waals surface area contributed by atoms with Crippen LogP contribution in [0.3, 0.4) is 0 Å². The van der Waals surface area contributed by atoms with Crippen molar-refractivity contribution in [3.8, 4) is 0 Å². The second-order valence-electron chi connectivity index (χ2n) is 3.66. The van der Waals surface area contributed by atoms with Crippen molar-refractivity contribution in [3.05, 3.63) is 22.2 Å². The number of nitrogens with zero attached hydrogens (tertiary/aromatic N) is 2. The van der Waals surface area contributed by atoms with E-state index >= 15 is 0 Å². The Morgan fingerprint density at radius 2 is 2.27 bits per heavy atom. The molecule has 0 saturated heterocycles. The van der Waals surface area contributed by atoms with E-state index in [9.17, 15) is 10.1 Å². The molecule has 1 heterocycles. The lowest BCUT2D eigenvalue weighted by Gasteiger charge is -2.26. The highest BCUT2D eigenvalue weighted by Crippen LogP contribution is 2.25. The quantitative estimate of drug-likeness (QED) is 0.580. The first kappa shape index (κ1) is 9.70. The van der Waals surface area contributed by atoms with Gasteiger partial charge in [0.15, 0.2) is 0 Å². The second-order valence-corrected chi connectivity index (χ2v) is 3.66. The van der Waals surface area contributed by atoms with Crippen LogP contribution in [-0.2, 0) is 0 Å². The molecule has 0 radical (unpaired) electrons. The van der Waals surface area contributed by atoms with Crippen LogP contribution in [0.2, 0.25) is 0 Å². The van der Waals surface area contributed by atoms with Gasteiger partial charge < -0.3 is 11.1 Å². The fraction of sp³-hybridized carbons (Fsp3) is 0.444. The van der Waals surface area contributed by atoms with Crippen LogP contribution in [-0.4, -0.2) is 15.9 Å². The minimum absolute atomic E-state index is 0.0238. The molecule has 0 spiro atoms. The lowest BCUT2D eigenvalue weighted by atomic mass is 9.93.